The van der Waals surface area contributed by atoms with Crippen LogP contribution in [0.4, 0.5) is 10.5 Å². The molecule has 96 valence electrons. The van der Waals surface area contributed by atoms with Gasteiger partial charge in [0.2, 0.25) is 0 Å². The van der Waals surface area contributed by atoms with Gasteiger partial charge in [-0.05, 0) is 42.5 Å². The lowest BCUT2D eigenvalue weighted by Crippen LogP contribution is -2.48. The summed E-state index contributed by atoms with van der Waals surface area (Å²) in [6, 6.07) is 6.32. The third kappa shape index (κ3) is 2.34. The van der Waals surface area contributed by atoms with Crippen molar-refractivity contribution in [3.63, 3.8) is 0 Å². The number of carbonyl (C=O) groups is 1. The third-order valence-corrected chi connectivity index (χ3v) is 3.75. The summed E-state index contributed by atoms with van der Waals surface area (Å²) in [5.41, 5.74) is 3.77. The molecule has 1 saturated heterocycles. The smallest absolute Gasteiger partial charge is 0.321 e. The van der Waals surface area contributed by atoms with Gasteiger partial charge < -0.3 is 15.5 Å². The number of urea groups is 1. The molecule has 0 bridgehead atoms. The standard InChI is InChI=1S/C14H19N3O/c18-14(17-8-6-15-7-9-17)16-13-5-4-11-2-1-3-12(11)10-13/h4-5,10,15H,1-3,6-9H2,(H,16,18). The number of aryl methyl sites for hydroxylation is 2. The summed E-state index contributed by atoms with van der Waals surface area (Å²) in [6.45, 7) is 3.35. The molecule has 1 aliphatic heterocycles. The van der Waals surface area contributed by atoms with Crippen LogP contribution in [0.25, 0.3) is 0 Å². The highest BCUT2D eigenvalue weighted by Crippen LogP contribution is 2.24. The lowest BCUT2D eigenvalue weighted by atomic mass is 10.1. The highest BCUT2D eigenvalue weighted by molar-refractivity contribution is 5.89. The summed E-state index contributed by atoms with van der Waals surface area (Å²) >= 11 is 0. The van der Waals surface area contributed by atoms with Gasteiger partial charge in [0, 0.05) is 31.9 Å². The first-order chi connectivity index (χ1) is 8.83. The summed E-state index contributed by atoms with van der Waals surface area (Å²) in [6.07, 6.45) is 3.57. The Labute approximate surface area is 107 Å². The van der Waals surface area contributed by atoms with Gasteiger partial charge in [0.25, 0.3) is 0 Å². The van der Waals surface area contributed by atoms with Crippen molar-refractivity contribution >= 4 is 11.7 Å². The SMILES string of the molecule is O=C(Nc1ccc2c(c1)CCC2)N1CCNCC1. The zero-order valence-electron chi connectivity index (χ0n) is 10.5. The van der Waals surface area contributed by atoms with Crippen molar-refractivity contribution in [1.82, 2.24) is 10.2 Å². The molecule has 1 aromatic carbocycles. The highest BCUT2D eigenvalue weighted by atomic mass is 16.2. The molecular formula is C14H19N3O. The van der Waals surface area contributed by atoms with E-state index in [1.807, 2.05) is 11.0 Å². The number of nitrogens with one attached hydrogen (secondary N) is 2. The zero-order chi connectivity index (χ0) is 12.4. The molecule has 0 unspecified atom stereocenters. The van der Waals surface area contributed by atoms with Crippen LogP contribution < -0.4 is 10.6 Å². The van der Waals surface area contributed by atoms with E-state index in [1.165, 1.54) is 24.0 Å². The summed E-state index contributed by atoms with van der Waals surface area (Å²) in [5.74, 6) is 0. The Kier molecular flexibility index (Phi) is 3.19. The molecular weight excluding hydrogens is 226 g/mol. The molecule has 0 saturated carbocycles. The summed E-state index contributed by atoms with van der Waals surface area (Å²) in [7, 11) is 0. The Balaban J connectivity index is 1.66. The number of nitrogens with zero attached hydrogens (tertiary/aromatic N) is 1. The number of carbonyl (C=O) groups excluding carboxylic acids is 1. The van der Waals surface area contributed by atoms with E-state index in [9.17, 15) is 4.79 Å². The van der Waals surface area contributed by atoms with Crippen LogP contribution in [0.5, 0.6) is 0 Å². The lowest BCUT2D eigenvalue weighted by Gasteiger charge is -2.27. The fourth-order valence-electron chi connectivity index (χ4n) is 2.72. The van der Waals surface area contributed by atoms with Gasteiger partial charge in [0.1, 0.15) is 0 Å². The normalized spacial score (nSPS) is 18.6. The number of fused-ring (bicyclic) bond motifs is 1. The van der Waals surface area contributed by atoms with Crippen molar-refractivity contribution in [2.45, 2.75) is 19.3 Å². The topological polar surface area (TPSA) is 44.4 Å². The molecule has 1 aromatic rings. The fourth-order valence-corrected chi connectivity index (χ4v) is 2.72. The molecule has 2 aliphatic rings. The third-order valence-electron chi connectivity index (χ3n) is 3.75. The second-order valence-electron chi connectivity index (χ2n) is 5.00. The van der Waals surface area contributed by atoms with Gasteiger partial charge in [-0.15, -0.1) is 0 Å². The maximum atomic E-state index is 12.1. The number of anilines is 1. The highest BCUT2D eigenvalue weighted by Gasteiger charge is 2.17. The molecule has 4 heteroatoms. The van der Waals surface area contributed by atoms with Crippen LogP contribution in [0.3, 0.4) is 0 Å². The van der Waals surface area contributed by atoms with Crippen LogP contribution in [0.15, 0.2) is 18.2 Å². The number of hydrogen-bond donors (Lipinski definition) is 2. The molecule has 1 fully saturated rings. The molecule has 2 N–H and O–H groups in total. The summed E-state index contributed by atoms with van der Waals surface area (Å²) in [4.78, 5) is 13.9. The van der Waals surface area contributed by atoms with Crippen molar-refractivity contribution in [3.8, 4) is 0 Å². The van der Waals surface area contributed by atoms with Crippen LogP contribution in [0.1, 0.15) is 17.5 Å². The summed E-state index contributed by atoms with van der Waals surface area (Å²) in [5, 5.41) is 6.25. The largest absolute Gasteiger partial charge is 0.322 e. The number of amides is 2. The summed E-state index contributed by atoms with van der Waals surface area (Å²) < 4.78 is 0. The van der Waals surface area contributed by atoms with Crippen LogP contribution in [-0.4, -0.2) is 37.1 Å². The number of hydrogen-bond acceptors (Lipinski definition) is 2. The Hall–Kier alpha value is -1.55. The molecule has 0 atom stereocenters. The number of piperazine rings is 1. The first-order valence-electron chi connectivity index (χ1n) is 6.71. The molecule has 1 heterocycles. The minimum atomic E-state index is 0.0226. The van der Waals surface area contributed by atoms with Crippen molar-refractivity contribution in [2.24, 2.45) is 0 Å². The van der Waals surface area contributed by atoms with Crippen LogP contribution in [-0.2, 0) is 12.8 Å². The maximum absolute atomic E-state index is 12.1. The van der Waals surface area contributed by atoms with Crippen LogP contribution in [0.2, 0.25) is 0 Å². The molecule has 0 aromatic heterocycles. The first kappa shape index (κ1) is 11.5. The second kappa shape index (κ2) is 4.98. The van der Waals surface area contributed by atoms with E-state index in [2.05, 4.69) is 22.8 Å². The minimum Gasteiger partial charge on any atom is -0.322 e. The predicted octanol–water partition coefficient (Wildman–Crippen LogP) is 1.61. The van der Waals surface area contributed by atoms with Crippen LogP contribution in [0, 0.1) is 0 Å². The van der Waals surface area contributed by atoms with Crippen molar-refractivity contribution in [2.75, 3.05) is 31.5 Å². The zero-order valence-corrected chi connectivity index (χ0v) is 10.5. The molecule has 1 aliphatic carbocycles. The number of rotatable bonds is 1. The maximum Gasteiger partial charge on any atom is 0.321 e. The van der Waals surface area contributed by atoms with E-state index in [0.29, 0.717) is 0 Å². The van der Waals surface area contributed by atoms with Gasteiger partial charge in [0.05, 0.1) is 0 Å². The van der Waals surface area contributed by atoms with E-state index in [0.717, 1.165) is 38.3 Å². The Morgan fingerprint density at radius 2 is 1.94 bits per heavy atom. The Morgan fingerprint density at radius 3 is 2.78 bits per heavy atom. The second-order valence-corrected chi connectivity index (χ2v) is 5.00. The Morgan fingerprint density at radius 1 is 1.17 bits per heavy atom. The van der Waals surface area contributed by atoms with Gasteiger partial charge in [-0.2, -0.15) is 0 Å². The van der Waals surface area contributed by atoms with E-state index in [-0.39, 0.29) is 6.03 Å². The fraction of sp³-hybridized carbons (Fsp3) is 0.500. The molecule has 4 nitrogen and oxygen atoms in total. The van der Waals surface area contributed by atoms with Gasteiger partial charge in [-0.3, -0.25) is 0 Å². The Bertz CT molecular complexity index is 452. The van der Waals surface area contributed by atoms with Gasteiger partial charge in [-0.1, -0.05) is 6.07 Å². The quantitative estimate of drug-likeness (QED) is 0.789. The minimum absolute atomic E-state index is 0.0226. The molecule has 0 spiro atoms. The monoisotopic (exact) mass is 245 g/mol. The van der Waals surface area contributed by atoms with E-state index in [4.69, 9.17) is 0 Å². The van der Waals surface area contributed by atoms with Crippen molar-refractivity contribution in [1.29, 1.82) is 0 Å². The van der Waals surface area contributed by atoms with E-state index in [1.54, 1.807) is 0 Å². The van der Waals surface area contributed by atoms with Gasteiger partial charge in [-0.25, -0.2) is 4.79 Å². The van der Waals surface area contributed by atoms with Gasteiger partial charge >= 0.3 is 6.03 Å². The molecule has 18 heavy (non-hydrogen) atoms. The average molecular weight is 245 g/mol. The van der Waals surface area contributed by atoms with Crippen LogP contribution >= 0.6 is 0 Å². The van der Waals surface area contributed by atoms with E-state index >= 15 is 0 Å². The van der Waals surface area contributed by atoms with Crippen molar-refractivity contribution in [3.05, 3.63) is 29.3 Å². The molecule has 2 amide bonds. The predicted molar refractivity (Wildman–Crippen MR) is 71.9 cm³/mol. The molecule has 3 rings (SSSR count). The molecule has 0 radical (unpaired) electrons. The lowest BCUT2D eigenvalue weighted by molar-refractivity contribution is 0.204. The van der Waals surface area contributed by atoms with Gasteiger partial charge in [0.15, 0.2) is 0 Å². The number of benzene rings is 1. The first-order valence-corrected chi connectivity index (χ1v) is 6.71. The average Bonchev–Trinajstić information content (AvgIpc) is 2.87. The van der Waals surface area contributed by atoms with Crippen molar-refractivity contribution < 1.29 is 4.79 Å². The van der Waals surface area contributed by atoms with E-state index < -0.39 is 0 Å².